The molecular formula is C16H14ClN3O. The number of hydrogen-bond acceptors (Lipinski definition) is 3. The quantitative estimate of drug-likeness (QED) is 0.736. The summed E-state index contributed by atoms with van der Waals surface area (Å²) in [7, 11) is 1.60. The lowest BCUT2D eigenvalue weighted by atomic mass is 10.1. The van der Waals surface area contributed by atoms with Crippen LogP contribution in [0.5, 0.6) is 5.75 Å². The van der Waals surface area contributed by atoms with Gasteiger partial charge >= 0.3 is 0 Å². The predicted molar refractivity (Wildman–Crippen MR) is 83.1 cm³/mol. The maximum atomic E-state index is 6.09. The summed E-state index contributed by atoms with van der Waals surface area (Å²) in [5.74, 6) is 1.41. The third-order valence-electron chi connectivity index (χ3n) is 3.14. The van der Waals surface area contributed by atoms with E-state index in [0.717, 1.165) is 22.8 Å². The highest BCUT2D eigenvalue weighted by Gasteiger charge is 2.12. The van der Waals surface area contributed by atoms with Crippen molar-refractivity contribution in [2.45, 2.75) is 6.92 Å². The molecule has 0 amide bonds. The Morgan fingerprint density at radius 3 is 2.71 bits per heavy atom. The minimum absolute atomic E-state index is 0.585. The summed E-state index contributed by atoms with van der Waals surface area (Å²) in [5.41, 5.74) is 2.84. The molecule has 106 valence electrons. The Morgan fingerprint density at radius 1 is 1.14 bits per heavy atom. The van der Waals surface area contributed by atoms with E-state index < -0.39 is 0 Å². The number of ether oxygens (including phenoxy) is 1. The van der Waals surface area contributed by atoms with Crippen LogP contribution in [-0.4, -0.2) is 21.9 Å². The zero-order valence-electron chi connectivity index (χ0n) is 11.7. The van der Waals surface area contributed by atoms with Crippen LogP contribution < -0.4 is 4.74 Å². The molecule has 0 aliphatic carbocycles. The summed E-state index contributed by atoms with van der Waals surface area (Å²) < 4.78 is 7.10. The molecular weight excluding hydrogens is 286 g/mol. The smallest absolute Gasteiger partial charge is 0.153 e. The van der Waals surface area contributed by atoms with Crippen molar-refractivity contribution in [3.8, 4) is 22.8 Å². The molecule has 4 nitrogen and oxygen atoms in total. The van der Waals surface area contributed by atoms with Gasteiger partial charge in [0.05, 0.1) is 23.5 Å². The molecule has 3 rings (SSSR count). The van der Waals surface area contributed by atoms with Gasteiger partial charge in [-0.1, -0.05) is 23.7 Å². The number of rotatable bonds is 3. The van der Waals surface area contributed by atoms with E-state index >= 15 is 0 Å². The zero-order valence-corrected chi connectivity index (χ0v) is 12.5. The second-order valence-corrected chi connectivity index (χ2v) is 5.03. The van der Waals surface area contributed by atoms with E-state index in [0.29, 0.717) is 10.8 Å². The minimum atomic E-state index is 0.585. The fraction of sp³-hybridized carbons (Fsp3) is 0.125. The molecule has 0 bridgehead atoms. The van der Waals surface area contributed by atoms with Crippen molar-refractivity contribution in [3.63, 3.8) is 0 Å². The van der Waals surface area contributed by atoms with Gasteiger partial charge in [0.25, 0.3) is 0 Å². The average molecular weight is 300 g/mol. The molecule has 0 N–H and O–H groups in total. The standard InChI is InChI=1S/C16H14ClN3O/c1-11-9-14(12-6-7-13(17)15(10-12)21-2)20(19-11)16-5-3-4-8-18-16/h3-10H,1-2H3. The third kappa shape index (κ3) is 2.62. The van der Waals surface area contributed by atoms with E-state index in [2.05, 4.69) is 10.1 Å². The number of benzene rings is 1. The minimum Gasteiger partial charge on any atom is -0.495 e. The highest BCUT2D eigenvalue weighted by Crippen LogP contribution is 2.31. The third-order valence-corrected chi connectivity index (χ3v) is 3.46. The first-order valence-corrected chi connectivity index (χ1v) is 6.89. The van der Waals surface area contributed by atoms with Crippen molar-refractivity contribution in [3.05, 3.63) is 59.4 Å². The molecule has 1 aromatic carbocycles. The fourth-order valence-electron chi connectivity index (χ4n) is 2.18. The van der Waals surface area contributed by atoms with E-state index in [1.54, 1.807) is 13.3 Å². The van der Waals surface area contributed by atoms with Crippen LogP contribution in [0.25, 0.3) is 17.1 Å². The number of halogens is 1. The van der Waals surface area contributed by atoms with Crippen molar-refractivity contribution in [2.24, 2.45) is 0 Å². The summed E-state index contributed by atoms with van der Waals surface area (Å²) in [6.45, 7) is 1.95. The molecule has 0 atom stereocenters. The largest absolute Gasteiger partial charge is 0.495 e. The van der Waals surface area contributed by atoms with Crippen molar-refractivity contribution >= 4 is 11.6 Å². The summed E-state index contributed by atoms with van der Waals surface area (Å²) >= 11 is 6.09. The number of methoxy groups -OCH3 is 1. The molecule has 2 aromatic heterocycles. The lowest BCUT2D eigenvalue weighted by molar-refractivity contribution is 0.415. The van der Waals surface area contributed by atoms with E-state index in [-0.39, 0.29) is 0 Å². The molecule has 0 aliphatic rings. The summed E-state index contributed by atoms with van der Waals surface area (Å²) in [5, 5.41) is 5.10. The van der Waals surface area contributed by atoms with Crippen LogP contribution in [0, 0.1) is 6.92 Å². The van der Waals surface area contributed by atoms with Gasteiger partial charge in [-0.15, -0.1) is 0 Å². The first-order chi connectivity index (χ1) is 10.2. The van der Waals surface area contributed by atoms with E-state index in [1.807, 2.05) is 54.1 Å². The van der Waals surface area contributed by atoms with Gasteiger partial charge < -0.3 is 4.74 Å². The number of pyridine rings is 1. The molecule has 21 heavy (non-hydrogen) atoms. The monoisotopic (exact) mass is 299 g/mol. The van der Waals surface area contributed by atoms with Crippen molar-refractivity contribution < 1.29 is 4.74 Å². The second kappa shape index (κ2) is 5.58. The SMILES string of the molecule is COc1cc(-c2cc(C)nn2-c2ccccn2)ccc1Cl. The van der Waals surface area contributed by atoms with Crippen LogP contribution in [0.2, 0.25) is 5.02 Å². The zero-order chi connectivity index (χ0) is 14.8. The highest BCUT2D eigenvalue weighted by atomic mass is 35.5. The molecule has 2 heterocycles. The predicted octanol–water partition coefficient (Wildman–Crippen LogP) is 3.90. The summed E-state index contributed by atoms with van der Waals surface area (Å²) in [6, 6.07) is 13.4. The highest BCUT2D eigenvalue weighted by molar-refractivity contribution is 6.32. The molecule has 0 saturated carbocycles. The van der Waals surface area contributed by atoms with Crippen molar-refractivity contribution in [1.29, 1.82) is 0 Å². The van der Waals surface area contributed by atoms with Gasteiger partial charge in [0.15, 0.2) is 5.82 Å². The molecule has 0 radical (unpaired) electrons. The first-order valence-electron chi connectivity index (χ1n) is 6.51. The van der Waals surface area contributed by atoms with Gasteiger partial charge in [-0.3, -0.25) is 0 Å². The summed E-state index contributed by atoms with van der Waals surface area (Å²) in [6.07, 6.45) is 1.75. The maximum Gasteiger partial charge on any atom is 0.153 e. The fourth-order valence-corrected chi connectivity index (χ4v) is 2.37. The average Bonchev–Trinajstić information content (AvgIpc) is 2.90. The van der Waals surface area contributed by atoms with Crippen LogP contribution >= 0.6 is 11.6 Å². The Labute approximate surface area is 128 Å². The first kappa shape index (κ1) is 13.6. The normalized spacial score (nSPS) is 10.6. The van der Waals surface area contributed by atoms with Gasteiger partial charge in [0, 0.05) is 11.8 Å². The summed E-state index contributed by atoms with van der Waals surface area (Å²) in [4.78, 5) is 4.35. The molecule has 0 aliphatic heterocycles. The van der Waals surface area contributed by atoms with E-state index in [9.17, 15) is 0 Å². The van der Waals surface area contributed by atoms with Crippen LogP contribution in [-0.2, 0) is 0 Å². The number of nitrogens with zero attached hydrogens (tertiary/aromatic N) is 3. The molecule has 5 heteroatoms. The van der Waals surface area contributed by atoms with E-state index in [1.165, 1.54) is 0 Å². The van der Waals surface area contributed by atoms with Crippen LogP contribution in [0.15, 0.2) is 48.7 Å². The Balaban J connectivity index is 2.15. The molecule has 0 fully saturated rings. The Morgan fingerprint density at radius 2 is 2.00 bits per heavy atom. The van der Waals surface area contributed by atoms with Gasteiger partial charge in [-0.05, 0) is 37.3 Å². The molecule has 0 unspecified atom stereocenters. The Hall–Kier alpha value is -2.33. The van der Waals surface area contributed by atoms with Gasteiger partial charge in [0.1, 0.15) is 5.75 Å². The number of aromatic nitrogens is 3. The molecule has 0 saturated heterocycles. The van der Waals surface area contributed by atoms with Crippen molar-refractivity contribution in [1.82, 2.24) is 14.8 Å². The van der Waals surface area contributed by atoms with Gasteiger partial charge in [-0.2, -0.15) is 5.10 Å². The maximum absolute atomic E-state index is 6.09. The Bertz CT molecular complexity index is 768. The Kier molecular flexibility index (Phi) is 3.62. The van der Waals surface area contributed by atoms with Crippen LogP contribution in [0.4, 0.5) is 0 Å². The van der Waals surface area contributed by atoms with Crippen molar-refractivity contribution in [2.75, 3.05) is 7.11 Å². The lowest BCUT2D eigenvalue weighted by Gasteiger charge is -2.09. The van der Waals surface area contributed by atoms with E-state index in [4.69, 9.17) is 16.3 Å². The van der Waals surface area contributed by atoms with Gasteiger partial charge in [-0.25, -0.2) is 9.67 Å². The number of aryl methyl sites for hydroxylation is 1. The number of hydrogen-bond donors (Lipinski definition) is 0. The molecule has 0 spiro atoms. The lowest BCUT2D eigenvalue weighted by Crippen LogP contribution is -2.01. The van der Waals surface area contributed by atoms with Gasteiger partial charge in [0.2, 0.25) is 0 Å². The van der Waals surface area contributed by atoms with Crippen LogP contribution in [0.3, 0.4) is 0 Å². The molecule has 3 aromatic rings. The second-order valence-electron chi connectivity index (χ2n) is 4.62. The topological polar surface area (TPSA) is 39.9 Å². The van der Waals surface area contributed by atoms with Crippen LogP contribution in [0.1, 0.15) is 5.69 Å².